The Balaban J connectivity index is 1.32. The summed E-state index contributed by atoms with van der Waals surface area (Å²) in [5.41, 5.74) is 2.39. The highest BCUT2D eigenvalue weighted by Gasteiger charge is 2.25. The molecule has 7 heteroatoms. The first-order valence-electron chi connectivity index (χ1n) is 9.75. The lowest BCUT2D eigenvalue weighted by Gasteiger charge is -2.29. The summed E-state index contributed by atoms with van der Waals surface area (Å²) in [7, 11) is 3.17. The number of methoxy groups -OCH3 is 2. The van der Waals surface area contributed by atoms with Crippen molar-refractivity contribution < 1.29 is 18.7 Å². The average Bonchev–Trinajstić information content (AvgIpc) is 3.18. The maximum absolute atomic E-state index is 12.5. The first kappa shape index (κ1) is 19.3. The van der Waals surface area contributed by atoms with E-state index in [4.69, 9.17) is 13.9 Å². The molecule has 0 unspecified atom stereocenters. The molecule has 2 aromatic carbocycles. The second-order valence-electron chi connectivity index (χ2n) is 7.22. The van der Waals surface area contributed by atoms with Gasteiger partial charge in [-0.25, -0.2) is 4.98 Å². The molecule has 1 saturated heterocycles. The lowest BCUT2D eigenvalue weighted by Crippen LogP contribution is -2.38. The van der Waals surface area contributed by atoms with Gasteiger partial charge in [-0.1, -0.05) is 12.1 Å². The van der Waals surface area contributed by atoms with E-state index in [2.05, 4.69) is 15.2 Å². The molecular weight excluding hydrogens is 370 g/mol. The van der Waals surface area contributed by atoms with Gasteiger partial charge in [-0.2, -0.15) is 0 Å². The fourth-order valence-electron chi connectivity index (χ4n) is 3.69. The van der Waals surface area contributed by atoms with Crippen molar-refractivity contribution in [2.24, 2.45) is 0 Å². The highest BCUT2D eigenvalue weighted by Crippen LogP contribution is 2.30. The number of fused-ring (bicyclic) bond motifs is 1. The molecule has 152 valence electrons. The Labute approximate surface area is 169 Å². The zero-order chi connectivity index (χ0) is 20.2. The molecule has 1 aromatic heterocycles. The fraction of sp³-hybridized carbons (Fsp3) is 0.364. The Morgan fingerprint density at radius 2 is 1.83 bits per heavy atom. The highest BCUT2D eigenvalue weighted by atomic mass is 16.5. The second kappa shape index (κ2) is 8.53. The Morgan fingerprint density at radius 3 is 2.48 bits per heavy atom. The van der Waals surface area contributed by atoms with Gasteiger partial charge in [0.15, 0.2) is 11.5 Å². The van der Waals surface area contributed by atoms with E-state index in [-0.39, 0.29) is 5.91 Å². The van der Waals surface area contributed by atoms with Gasteiger partial charge < -0.3 is 19.2 Å². The van der Waals surface area contributed by atoms with Gasteiger partial charge in [-0.05, 0) is 38.1 Å². The summed E-state index contributed by atoms with van der Waals surface area (Å²) in [6, 6.07) is 13.2. The van der Waals surface area contributed by atoms with Crippen molar-refractivity contribution in [3.63, 3.8) is 0 Å². The first-order valence-corrected chi connectivity index (χ1v) is 9.75. The topological polar surface area (TPSA) is 76.8 Å². The van der Waals surface area contributed by atoms with Crippen molar-refractivity contribution in [1.82, 2.24) is 9.88 Å². The molecule has 0 bridgehead atoms. The van der Waals surface area contributed by atoms with Crippen LogP contribution in [-0.4, -0.2) is 49.6 Å². The number of hydrogen-bond acceptors (Lipinski definition) is 6. The van der Waals surface area contributed by atoms with Crippen LogP contribution in [0.15, 0.2) is 46.9 Å². The minimum Gasteiger partial charge on any atom is -0.497 e. The quantitative estimate of drug-likeness (QED) is 0.686. The van der Waals surface area contributed by atoms with Gasteiger partial charge in [0.25, 0.3) is 0 Å². The predicted molar refractivity (Wildman–Crippen MR) is 111 cm³/mol. The number of carbonyl (C=O) groups excluding carboxylic acids is 1. The van der Waals surface area contributed by atoms with Gasteiger partial charge in [0, 0.05) is 29.8 Å². The maximum Gasteiger partial charge on any atom is 0.238 e. The molecule has 1 aliphatic rings. The van der Waals surface area contributed by atoms with Crippen LogP contribution in [0.4, 0.5) is 5.69 Å². The monoisotopic (exact) mass is 395 g/mol. The molecule has 1 amide bonds. The van der Waals surface area contributed by atoms with E-state index in [0.29, 0.717) is 29.6 Å². The fourth-order valence-corrected chi connectivity index (χ4v) is 3.69. The number of nitrogens with one attached hydrogen (secondary N) is 1. The number of carbonyl (C=O) groups is 1. The van der Waals surface area contributed by atoms with E-state index in [1.165, 1.54) is 0 Å². The third kappa shape index (κ3) is 4.51. The van der Waals surface area contributed by atoms with Crippen molar-refractivity contribution >= 4 is 22.7 Å². The van der Waals surface area contributed by atoms with Crippen molar-refractivity contribution in [2.75, 3.05) is 39.2 Å². The minimum absolute atomic E-state index is 0.0550. The first-order chi connectivity index (χ1) is 14.1. The maximum atomic E-state index is 12.5. The van der Waals surface area contributed by atoms with Crippen LogP contribution in [0, 0.1) is 0 Å². The van der Waals surface area contributed by atoms with Crippen LogP contribution in [0.25, 0.3) is 11.1 Å². The van der Waals surface area contributed by atoms with E-state index in [1.54, 1.807) is 32.4 Å². The Hall–Kier alpha value is -3.06. The third-order valence-electron chi connectivity index (χ3n) is 5.25. The number of likely N-dealkylation sites (tertiary alicyclic amines) is 1. The summed E-state index contributed by atoms with van der Waals surface area (Å²) in [4.78, 5) is 19.3. The summed E-state index contributed by atoms with van der Waals surface area (Å²) < 4.78 is 16.4. The number of aromatic nitrogens is 1. The molecule has 1 aliphatic heterocycles. The number of para-hydroxylation sites is 2. The molecule has 2 heterocycles. The summed E-state index contributed by atoms with van der Waals surface area (Å²) in [6.45, 7) is 2.01. The van der Waals surface area contributed by atoms with Crippen LogP contribution >= 0.6 is 0 Å². The minimum atomic E-state index is -0.0550. The number of nitrogens with zero attached hydrogens (tertiary/aromatic N) is 2. The van der Waals surface area contributed by atoms with Crippen molar-refractivity contribution in [3.05, 3.63) is 48.4 Å². The zero-order valence-corrected chi connectivity index (χ0v) is 16.7. The molecule has 0 atom stereocenters. The van der Waals surface area contributed by atoms with Crippen LogP contribution in [0.1, 0.15) is 24.7 Å². The van der Waals surface area contributed by atoms with Crippen molar-refractivity contribution in [1.29, 1.82) is 0 Å². The molecule has 3 aromatic rings. The molecule has 4 rings (SSSR count). The number of amides is 1. The standard InChI is InChI=1S/C22H25N3O4/c1-27-17-11-16(12-18(13-17)28-2)23-21(26)14-25-9-7-15(8-10-25)22-24-19-5-3-4-6-20(19)29-22/h3-6,11-13,15H,7-10,14H2,1-2H3,(H,23,26). The van der Waals surface area contributed by atoms with Crippen LogP contribution in [-0.2, 0) is 4.79 Å². The molecule has 0 saturated carbocycles. The molecule has 1 fully saturated rings. The Morgan fingerprint density at radius 1 is 1.14 bits per heavy atom. The van der Waals surface area contributed by atoms with E-state index < -0.39 is 0 Å². The van der Waals surface area contributed by atoms with Crippen LogP contribution in [0.3, 0.4) is 0 Å². The number of rotatable bonds is 6. The normalized spacial score (nSPS) is 15.4. The Kier molecular flexibility index (Phi) is 5.67. The van der Waals surface area contributed by atoms with Gasteiger partial charge >= 0.3 is 0 Å². The largest absolute Gasteiger partial charge is 0.497 e. The average molecular weight is 395 g/mol. The van der Waals surface area contributed by atoms with E-state index in [1.807, 2.05) is 24.3 Å². The van der Waals surface area contributed by atoms with Gasteiger partial charge in [0.05, 0.1) is 20.8 Å². The summed E-state index contributed by atoms with van der Waals surface area (Å²) >= 11 is 0. The number of hydrogen-bond donors (Lipinski definition) is 1. The molecule has 0 spiro atoms. The third-order valence-corrected chi connectivity index (χ3v) is 5.25. The van der Waals surface area contributed by atoms with Crippen LogP contribution < -0.4 is 14.8 Å². The van der Waals surface area contributed by atoms with E-state index >= 15 is 0 Å². The van der Waals surface area contributed by atoms with Gasteiger partial charge in [-0.3, -0.25) is 9.69 Å². The number of oxazole rings is 1. The predicted octanol–water partition coefficient (Wildman–Crippen LogP) is 3.66. The molecule has 7 nitrogen and oxygen atoms in total. The molecule has 0 aliphatic carbocycles. The number of benzene rings is 2. The molecule has 29 heavy (non-hydrogen) atoms. The van der Waals surface area contributed by atoms with Crippen molar-refractivity contribution in [3.8, 4) is 11.5 Å². The molecular formula is C22H25N3O4. The number of ether oxygens (including phenoxy) is 2. The number of anilines is 1. The SMILES string of the molecule is COc1cc(NC(=O)CN2CCC(c3nc4ccccc4o3)CC2)cc(OC)c1. The van der Waals surface area contributed by atoms with Crippen LogP contribution in [0.2, 0.25) is 0 Å². The summed E-state index contributed by atoms with van der Waals surface area (Å²) in [5.74, 6) is 2.32. The van der Waals surface area contributed by atoms with E-state index in [9.17, 15) is 4.79 Å². The lowest BCUT2D eigenvalue weighted by molar-refractivity contribution is -0.117. The highest BCUT2D eigenvalue weighted by molar-refractivity contribution is 5.92. The summed E-state index contributed by atoms with van der Waals surface area (Å²) in [5, 5.41) is 2.93. The van der Waals surface area contributed by atoms with Gasteiger partial charge in [-0.15, -0.1) is 0 Å². The van der Waals surface area contributed by atoms with E-state index in [0.717, 1.165) is 42.9 Å². The zero-order valence-electron chi connectivity index (χ0n) is 16.7. The van der Waals surface area contributed by atoms with Crippen LogP contribution in [0.5, 0.6) is 11.5 Å². The molecule has 1 N–H and O–H groups in total. The summed E-state index contributed by atoms with van der Waals surface area (Å²) in [6.07, 6.45) is 1.85. The lowest BCUT2D eigenvalue weighted by atomic mass is 9.97. The van der Waals surface area contributed by atoms with Gasteiger partial charge in [0.1, 0.15) is 17.0 Å². The smallest absolute Gasteiger partial charge is 0.238 e. The second-order valence-corrected chi connectivity index (χ2v) is 7.22. The Bertz CT molecular complexity index is 937. The number of piperidine rings is 1. The molecule has 0 radical (unpaired) electrons. The van der Waals surface area contributed by atoms with Crippen molar-refractivity contribution in [2.45, 2.75) is 18.8 Å². The van der Waals surface area contributed by atoms with Gasteiger partial charge in [0.2, 0.25) is 5.91 Å².